The summed E-state index contributed by atoms with van der Waals surface area (Å²) < 4.78 is 35.6. The number of hydrogen-bond acceptors (Lipinski definition) is 4. The van der Waals surface area contributed by atoms with Gasteiger partial charge >= 0.3 is 11.2 Å². The third-order valence-electron chi connectivity index (χ3n) is 0.983. The van der Waals surface area contributed by atoms with Crippen molar-refractivity contribution in [1.82, 2.24) is 4.98 Å². The first-order chi connectivity index (χ1) is 5.43. The number of thiazole rings is 1. The van der Waals surface area contributed by atoms with E-state index in [-0.39, 0.29) is 0 Å². The molecule has 0 aliphatic heterocycles. The van der Waals surface area contributed by atoms with Gasteiger partial charge in [0.2, 0.25) is 5.69 Å². The topological polar surface area (TPSA) is 56.0 Å². The van der Waals surface area contributed by atoms with Gasteiger partial charge in [0.1, 0.15) is 0 Å². The molecule has 0 amide bonds. The number of halogens is 3. The molecule has 1 aromatic heterocycles. The quantitative estimate of drug-likeness (QED) is 0.512. The van der Waals surface area contributed by atoms with E-state index in [0.29, 0.717) is 11.3 Å². The van der Waals surface area contributed by atoms with Crippen molar-refractivity contribution in [3.63, 3.8) is 0 Å². The van der Waals surface area contributed by atoms with Gasteiger partial charge in [-0.1, -0.05) is 0 Å². The SMILES string of the molecule is O=[N+]([O-])c1scnc1C(F)(F)F. The Morgan fingerprint density at radius 1 is 1.58 bits per heavy atom. The van der Waals surface area contributed by atoms with Crippen molar-refractivity contribution in [3.05, 3.63) is 21.3 Å². The Labute approximate surface area is 67.8 Å². The van der Waals surface area contributed by atoms with Gasteiger partial charge in [-0.3, -0.25) is 10.1 Å². The third-order valence-corrected chi connectivity index (χ3v) is 1.76. The van der Waals surface area contributed by atoms with E-state index in [1.54, 1.807) is 0 Å². The Kier molecular flexibility index (Phi) is 2.01. The summed E-state index contributed by atoms with van der Waals surface area (Å²) in [4.78, 5) is 11.8. The van der Waals surface area contributed by atoms with E-state index >= 15 is 0 Å². The number of aromatic nitrogens is 1. The van der Waals surface area contributed by atoms with Crippen LogP contribution in [0, 0.1) is 10.1 Å². The maximum atomic E-state index is 11.9. The average Bonchev–Trinajstić information content (AvgIpc) is 2.30. The summed E-state index contributed by atoms with van der Waals surface area (Å²) in [6.07, 6.45) is -4.75. The normalized spacial score (nSPS) is 11.6. The highest BCUT2D eigenvalue weighted by atomic mass is 32.1. The van der Waals surface area contributed by atoms with Crippen LogP contribution in [0.25, 0.3) is 0 Å². The highest BCUT2D eigenvalue weighted by Gasteiger charge is 2.41. The minimum Gasteiger partial charge on any atom is -0.257 e. The van der Waals surface area contributed by atoms with Gasteiger partial charge < -0.3 is 0 Å². The molecular formula is C4HF3N2O2S. The Hall–Kier alpha value is -1.18. The summed E-state index contributed by atoms with van der Waals surface area (Å²) in [7, 11) is 0. The first-order valence-corrected chi connectivity index (χ1v) is 3.46. The van der Waals surface area contributed by atoms with Gasteiger partial charge in [-0.05, 0) is 11.3 Å². The van der Waals surface area contributed by atoms with Gasteiger partial charge in [-0.15, -0.1) is 0 Å². The molecule has 1 rings (SSSR count). The van der Waals surface area contributed by atoms with Crippen LogP contribution in [0.3, 0.4) is 0 Å². The summed E-state index contributed by atoms with van der Waals surface area (Å²) in [5, 5.41) is 9.04. The zero-order chi connectivity index (χ0) is 9.35. The van der Waals surface area contributed by atoms with Crippen LogP contribution in [0.5, 0.6) is 0 Å². The van der Waals surface area contributed by atoms with Crippen LogP contribution in [-0.2, 0) is 6.18 Å². The minimum atomic E-state index is -4.75. The van der Waals surface area contributed by atoms with E-state index in [1.807, 2.05) is 0 Å². The first kappa shape index (κ1) is 8.91. The predicted octanol–water partition coefficient (Wildman–Crippen LogP) is 2.07. The van der Waals surface area contributed by atoms with Crippen LogP contribution in [0.2, 0.25) is 0 Å². The molecule has 0 aliphatic rings. The number of hydrogen-bond donors (Lipinski definition) is 0. The van der Waals surface area contributed by atoms with Gasteiger partial charge in [0.05, 0.1) is 10.4 Å². The summed E-state index contributed by atoms with van der Waals surface area (Å²) >= 11 is 0.354. The van der Waals surface area contributed by atoms with Crippen LogP contribution in [-0.4, -0.2) is 9.91 Å². The molecule has 0 spiro atoms. The monoisotopic (exact) mass is 198 g/mol. The van der Waals surface area contributed by atoms with Gasteiger partial charge in [0.15, 0.2) is 0 Å². The van der Waals surface area contributed by atoms with E-state index < -0.39 is 21.8 Å². The lowest BCUT2D eigenvalue weighted by molar-refractivity contribution is -0.383. The van der Waals surface area contributed by atoms with Crippen molar-refractivity contribution in [3.8, 4) is 0 Å². The van der Waals surface area contributed by atoms with E-state index in [2.05, 4.69) is 4.98 Å². The second-order valence-electron chi connectivity index (χ2n) is 1.76. The van der Waals surface area contributed by atoms with Crippen molar-refractivity contribution in [2.75, 3.05) is 0 Å². The van der Waals surface area contributed by atoms with E-state index in [0.717, 1.165) is 5.51 Å². The fourth-order valence-corrected chi connectivity index (χ4v) is 1.19. The van der Waals surface area contributed by atoms with Gasteiger partial charge in [0, 0.05) is 0 Å². The zero-order valence-corrected chi connectivity index (χ0v) is 6.15. The Bertz CT molecular complexity index is 307. The van der Waals surface area contributed by atoms with Crippen LogP contribution >= 0.6 is 11.3 Å². The van der Waals surface area contributed by atoms with Gasteiger partial charge in [-0.2, -0.15) is 13.2 Å². The summed E-state index contributed by atoms with van der Waals surface area (Å²) in [6.45, 7) is 0. The van der Waals surface area contributed by atoms with Gasteiger partial charge in [-0.25, -0.2) is 4.98 Å². The molecule has 0 bridgehead atoms. The Balaban J connectivity index is 3.17. The van der Waals surface area contributed by atoms with Crippen molar-refractivity contribution in [1.29, 1.82) is 0 Å². The summed E-state index contributed by atoms with van der Waals surface area (Å²) in [5.41, 5.74) is -0.640. The number of alkyl halides is 3. The summed E-state index contributed by atoms with van der Waals surface area (Å²) in [6, 6.07) is 0. The van der Waals surface area contributed by atoms with E-state index in [1.165, 1.54) is 0 Å². The minimum absolute atomic E-state index is 0.354. The zero-order valence-electron chi connectivity index (χ0n) is 5.33. The van der Waals surface area contributed by atoms with Crippen LogP contribution < -0.4 is 0 Å². The number of rotatable bonds is 1. The molecule has 4 nitrogen and oxygen atoms in total. The first-order valence-electron chi connectivity index (χ1n) is 2.58. The lowest BCUT2D eigenvalue weighted by Gasteiger charge is -1.99. The maximum Gasteiger partial charge on any atom is 0.441 e. The smallest absolute Gasteiger partial charge is 0.257 e. The fourth-order valence-electron chi connectivity index (χ4n) is 0.564. The molecule has 1 heterocycles. The standard InChI is InChI=1S/C4HF3N2O2S/c5-4(6,7)2-3(9(10)11)12-1-8-2/h1H. The second-order valence-corrected chi connectivity index (χ2v) is 2.59. The van der Waals surface area contributed by atoms with Crippen LogP contribution in [0.15, 0.2) is 5.51 Å². The van der Waals surface area contributed by atoms with Gasteiger partial charge in [0.25, 0.3) is 0 Å². The highest BCUT2D eigenvalue weighted by Crippen LogP contribution is 2.36. The largest absolute Gasteiger partial charge is 0.441 e. The molecular weight excluding hydrogens is 197 g/mol. The molecule has 0 saturated carbocycles. The van der Waals surface area contributed by atoms with E-state index in [4.69, 9.17) is 0 Å². The maximum absolute atomic E-state index is 11.9. The molecule has 0 radical (unpaired) electrons. The van der Waals surface area contributed by atoms with Crippen molar-refractivity contribution < 1.29 is 18.1 Å². The number of nitro groups is 1. The number of nitrogens with zero attached hydrogens (tertiary/aromatic N) is 2. The Morgan fingerprint density at radius 3 is 2.50 bits per heavy atom. The molecule has 0 aliphatic carbocycles. The average molecular weight is 198 g/mol. The molecule has 0 atom stereocenters. The molecule has 0 fully saturated rings. The lowest BCUT2D eigenvalue weighted by Crippen LogP contribution is -2.07. The van der Waals surface area contributed by atoms with Crippen LogP contribution in [0.4, 0.5) is 18.2 Å². The molecule has 1 aromatic rings. The molecule has 0 saturated heterocycles. The highest BCUT2D eigenvalue weighted by molar-refractivity contribution is 7.13. The van der Waals surface area contributed by atoms with Crippen molar-refractivity contribution >= 4 is 16.3 Å². The molecule has 12 heavy (non-hydrogen) atoms. The lowest BCUT2D eigenvalue weighted by atomic mass is 10.4. The second kappa shape index (κ2) is 2.70. The summed E-state index contributed by atoms with van der Waals surface area (Å²) in [5.74, 6) is 0. The van der Waals surface area contributed by atoms with Crippen LogP contribution in [0.1, 0.15) is 5.69 Å². The van der Waals surface area contributed by atoms with E-state index in [9.17, 15) is 23.3 Å². The molecule has 0 aromatic carbocycles. The fraction of sp³-hybridized carbons (Fsp3) is 0.250. The molecule has 66 valence electrons. The van der Waals surface area contributed by atoms with Crippen molar-refractivity contribution in [2.45, 2.75) is 6.18 Å². The Morgan fingerprint density at radius 2 is 2.17 bits per heavy atom. The molecule has 0 N–H and O–H groups in total. The third kappa shape index (κ3) is 1.52. The predicted molar refractivity (Wildman–Crippen MR) is 33.8 cm³/mol. The molecule has 8 heteroatoms. The van der Waals surface area contributed by atoms with Crippen molar-refractivity contribution in [2.24, 2.45) is 0 Å². The molecule has 0 unspecified atom stereocenters.